The molecule has 22 heavy (non-hydrogen) atoms. The number of ketones is 1. The molecule has 0 aliphatic heterocycles. The maximum absolute atomic E-state index is 12.7. The van der Waals surface area contributed by atoms with E-state index in [0.717, 1.165) is 22.4 Å². The molecule has 1 heterocycles. The fraction of sp³-hybridized carbons (Fsp3) is 0.111. The number of nitrogen functional groups attached to an aromatic ring is 1. The summed E-state index contributed by atoms with van der Waals surface area (Å²) in [4.78, 5) is 12.7. The molecule has 3 aromatic rings. The van der Waals surface area contributed by atoms with Crippen LogP contribution in [0.2, 0.25) is 0 Å². The van der Waals surface area contributed by atoms with Crippen LogP contribution in [0.25, 0.3) is 5.69 Å². The van der Waals surface area contributed by atoms with Crippen LogP contribution in [0.15, 0.2) is 54.9 Å². The van der Waals surface area contributed by atoms with Crippen molar-refractivity contribution in [3.8, 4) is 5.69 Å². The molecule has 2 N–H and O–H groups in total. The number of aryl methyl sites for hydroxylation is 2. The van der Waals surface area contributed by atoms with E-state index in [2.05, 4.69) is 5.10 Å². The number of nitrogens with two attached hydrogens (primary N) is 1. The molecular weight excluding hydrogens is 274 g/mol. The molecule has 1 aromatic heterocycles. The van der Waals surface area contributed by atoms with E-state index in [1.54, 1.807) is 10.9 Å². The molecule has 0 bridgehead atoms. The Kier molecular flexibility index (Phi) is 3.51. The Morgan fingerprint density at radius 1 is 1.09 bits per heavy atom. The highest BCUT2D eigenvalue weighted by Gasteiger charge is 2.15. The fourth-order valence-electron chi connectivity index (χ4n) is 2.69. The van der Waals surface area contributed by atoms with E-state index in [4.69, 9.17) is 5.73 Å². The van der Waals surface area contributed by atoms with Crippen LogP contribution in [0.5, 0.6) is 0 Å². The van der Waals surface area contributed by atoms with Gasteiger partial charge in [0.25, 0.3) is 0 Å². The van der Waals surface area contributed by atoms with Crippen LogP contribution in [-0.4, -0.2) is 15.6 Å². The average molecular weight is 291 g/mol. The van der Waals surface area contributed by atoms with Crippen molar-refractivity contribution in [2.45, 2.75) is 13.8 Å². The number of benzene rings is 2. The second-order valence-electron chi connectivity index (χ2n) is 5.36. The number of carbonyl (C=O) groups excluding carboxylic acids is 1. The Labute approximate surface area is 129 Å². The highest BCUT2D eigenvalue weighted by atomic mass is 16.1. The summed E-state index contributed by atoms with van der Waals surface area (Å²) in [6, 6.07) is 13.0. The van der Waals surface area contributed by atoms with Gasteiger partial charge in [0, 0.05) is 29.2 Å². The number of rotatable bonds is 3. The predicted molar refractivity (Wildman–Crippen MR) is 87.3 cm³/mol. The van der Waals surface area contributed by atoms with Crippen LogP contribution >= 0.6 is 0 Å². The zero-order chi connectivity index (χ0) is 15.7. The van der Waals surface area contributed by atoms with E-state index in [1.165, 1.54) is 0 Å². The van der Waals surface area contributed by atoms with E-state index in [1.807, 2.05) is 62.5 Å². The summed E-state index contributed by atoms with van der Waals surface area (Å²) in [6.45, 7) is 3.82. The van der Waals surface area contributed by atoms with Crippen molar-refractivity contribution in [3.63, 3.8) is 0 Å². The topological polar surface area (TPSA) is 60.9 Å². The smallest absolute Gasteiger partial charge is 0.193 e. The summed E-state index contributed by atoms with van der Waals surface area (Å²) in [7, 11) is 0. The van der Waals surface area contributed by atoms with Crippen molar-refractivity contribution < 1.29 is 4.79 Å². The standard InChI is InChI=1S/C18H17N3O/c1-12-10-15(19)11-13(2)17(12)18(22)14-4-6-16(7-5-14)21-9-3-8-20-21/h3-11H,19H2,1-2H3. The van der Waals surface area contributed by atoms with E-state index < -0.39 is 0 Å². The second-order valence-corrected chi connectivity index (χ2v) is 5.36. The molecule has 0 amide bonds. The van der Waals surface area contributed by atoms with Gasteiger partial charge in [-0.05, 0) is 67.4 Å². The number of nitrogens with zero attached hydrogens (tertiary/aromatic N) is 2. The fourth-order valence-corrected chi connectivity index (χ4v) is 2.69. The summed E-state index contributed by atoms with van der Waals surface area (Å²) >= 11 is 0. The molecule has 0 saturated carbocycles. The molecule has 0 aliphatic rings. The minimum Gasteiger partial charge on any atom is -0.399 e. The van der Waals surface area contributed by atoms with Crippen LogP contribution in [0, 0.1) is 13.8 Å². The van der Waals surface area contributed by atoms with Gasteiger partial charge in [0.2, 0.25) is 0 Å². The SMILES string of the molecule is Cc1cc(N)cc(C)c1C(=O)c1ccc(-n2cccn2)cc1. The second kappa shape index (κ2) is 5.48. The first-order valence-electron chi connectivity index (χ1n) is 7.08. The first-order valence-corrected chi connectivity index (χ1v) is 7.08. The van der Waals surface area contributed by atoms with Gasteiger partial charge in [-0.25, -0.2) is 4.68 Å². The highest BCUT2D eigenvalue weighted by Crippen LogP contribution is 2.22. The molecule has 3 rings (SSSR count). The van der Waals surface area contributed by atoms with Crippen LogP contribution in [-0.2, 0) is 0 Å². The first-order chi connectivity index (χ1) is 10.6. The van der Waals surface area contributed by atoms with Gasteiger partial charge in [-0.3, -0.25) is 4.79 Å². The van der Waals surface area contributed by atoms with Gasteiger partial charge in [-0.15, -0.1) is 0 Å². The molecule has 0 aliphatic carbocycles. The van der Waals surface area contributed by atoms with E-state index in [-0.39, 0.29) is 5.78 Å². The molecular formula is C18H17N3O. The molecule has 0 atom stereocenters. The van der Waals surface area contributed by atoms with Crippen LogP contribution in [0.1, 0.15) is 27.0 Å². The summed E-state index contributed by atoms with van der Waals surface area (Å²) in [5.41, 5.74) is 10.6. The first kappa shape index (κ1) is 14.1. The molecule has 0 radical (unpaired) electrons. The van der Waals surface area contributed by atoms with Gasteiger partial charge in [0.05, 0.1) is 5.69 Å². The Bertz CT molecular complexity index is 795. The summed E-state index contributed by atoms with van der Waals surface area (Å²) in [6.07, 6.45) is 3.59. The monoisotopic (exact) mass is 291 g/mol. The molecule has 110 valence electrons. The summed E-state index contributed by atoms with van der Waals surface area (Å²) in [5.74, 6) is 0.0158. The Hall–Kier alpha value is -2.88. The van der Waals surface area contributed by atoms with E-state index >= 15 is 0 Å². The summed E-state index contributed by atoms with van der Waals surface area (Å²) in [5, 5.41) is 4.17. The minimum atomic E-state index is 0.0158. The van der Waals surface area contributed by atoms with Gasteiger partial charge in [0.15, 0.2) is 5.78 Å². The van der Waals surface area contributed by atoms with Crippen molar-refractivity contribution in [1.29, 1.82) is 0 Å². The van der Waals surface area contributed by atoms with Gasteiger partial charge >= 0.3 is 0 Å². The largest absolute Gasteiger partial charge is 0.399 e. The third-order valence-electron chi connectivity index (χ3n) is 3.68. The molecule has 0 spiro atoms. The molecule has 0 fully saturated rings. The molecule has 4 heteroatoms. The number of aromatic nitrogens is 2. The van der Waals surface area contributed by atoms with Gasteiger partial charge in [-0.2, -0.15) is 5.10 Å². The van der Waals surface area contributed by atoms with E-state index in [0.29, 0.717) is 11.3 Å². The van der Waals surface area contributed by atoms with Crippen molar-refractivity contribution in [2.24, 2.45) is 0 Å². The Morgan fingerprint density at radius 3 is 2.27 bits per heavy atom. The third-order valence-corrected chi connectivity index (χ3v) is 3.68. The molecule has 2 aromatic carbocycles. The molecule has 0 unspecified atom stereocenters. The normalized spacial score (nSPS) is 10.6. The van der Waals surface area contributed by atoms with Crippen molar-refractivity contribution >= 4 is 11.5 Å². The highest BCUT2D eigenvalue weighted by molar-refractivity contribution is 6.11. The van der Waals surface area contributed by atoms with Crippen molar-refractivity contribution in [2.75, 3.05) is 5.73 Å². The van der Waals surface area contributed by atoms with E-state index in [9.17, 15) is 4.79 Å². The minimum absolute atomic E-state index is 0.0158. The third kappa shape index (κ3) is 2.51. The molecule has 4 nitrogen and oxygen atoms in total. The number of hydrogen-bond acceptors (Lipinski definition) is 3. The predicted octanol–water partition coefficient (Wildman–Crippen LogP) is 3.30. The van der Waals surface area contributed by atoms with Gasteiger partial charge in [0.1, 0.15) is 0 Å². The maximum atomic E-state index is 12.7. The Morgan fingerprint density at radius 2 is 1.73 bits per heavy atom. The van der Waals surface area contributed by atoms with Crippen LogP contribution < -0.4 is 5.73 Å². The van der Waals surface area contributed by atoms with Gasteiger partial charge in [-0.1, -0.05) is 0 Å². The lowest BCUT2D eigenvalue weighted by Gasteiger charge is -2.11. The Balaban J connectivity index is 1.96. The van der Waals surface area contributed by atoms with Crippen LogP contribution in [0.3, 0.4) is 0 Å². The lowest BCUT2D eigenvalue weighted by atomic mass is 9.94. The number of anilines is 1. The van der Waals surface area contributed by atoms with Crippen molar-refractivity contribution in [1.82, 2.24) is 9.78 Å². The summed E-state index contributed by atoms with van der Waals surface area (Å²) < 4.78 is 1.76. The zero-order valence-corrected chi connectivity index (χ0v) is 12.6. The number of hydrogen-bond donors (Lipinski definition) is 1. The lowest BCUT2D eigenvalue weighted by molar-refractivity contribution is 0.103. The molecule has 0 saturated heterocycles. The lowest BCUT2D eigenvalue weighted by Crippen LogP contribution is -2.07. The average Bonchev–Trinajstić information content (AvgIpc) is 3.00. The quantitative estimate of drug-likeness (QED) is 0.595. The maximum Gasteiger partial charge on any atom is 0.193 e. The van der Waals surface area contributed by atoms with Gasteiger partial charge < -0.3 is 5.73 Å². The van der Waals surface area contributed by atoms with Crippen molar-refractivity contribution in [3.05, 3.63) is 77.1 Å². The zero-order valence-electron chi connectivity index (χ0n) is 12.6. The number of carbonyl (C=O) groups is 1. The van der Waals surface area contributed by atoms with Crippen LogP contribution in [0.4, 0.5) is 5.69 Å².